The van der Waals surface area contributed by atoms with E-state index in [1.54, 1.807) is 32.6 Å². The number of nitrogens with zero attached hydrogens (tertiary/aromatic N) is 4. The normalized spacial score (nSPS) is 17.2. The van der Waals surface area contributed by atoms with E-state index in [4.69, 9.17) is 4.74 Å². The van der Waals surface area contributed by atoms with Crippen LogP contribution in [0.2, 0.25) is 0 Å². The fraction of sp³-hybridized carbons (Fsp3) is 0.318. The molecular weight excluding hydrogens is 380 g/mol. The number of methoxy groups -OCH3 is 1. The molecule has 4 rings (SSSR count). The number of fused-ring (bicyclic) bond motifs is 1. The first-order chi connectivity index (χ1) is 14.6. The average molecular weight is 402 g/mol. The maximum Gasteiger partial charge on any atom is 0.228 e. The third-order valence-corrected chi connectivity index (χ3v) is 5.03. The minimum Gasteiger partial charge on any atom is -0.380 e. The van der Waals surface area contributed by atoms with Gasteiger partial charge in [0.1, 0.15) is 11.2 Å². The number of pyridine rings is 2. The van der Waals surface area contributed by atoms with Crippen molar-refractivity contribution >= 4 is 28.4 Å². The third-order valence-electron chi connectivity index (χ3n) is 5.03. The fourth-order valence-electron chi connectivity index (χ4n) is 3.16. The van der Waals surface area contributed by atoms with Crippen molar-refractivity contribution in [2.45, 2.75) is 20.0 Å². The molecule has 1 aliphatic rings. The minimum atomic E-state index is -0.0213. The summed E-state index contributed by atoms with van der Waals surface area (Å²) in [7, 11) is 3.41. The van der Waals surface area contributed by atoms with Crippen LogP contribution in [0.3, 0.4) is 0 Å². The predicted octanol–water partition coefficient (Wildman–Crippen LogP) is 2.60. The van der Waals surface area contributed by atoms with Crippen molar-refractivity contribution in [3.05, 3.63) is 47.4 Å². The molecule has 1 saturated carbocycles. The van der Waals surface area contributed by atoms with Crippen LogP contribution in [-0.4, -0.2) is 40.2 Å². The predicted molar refractivity (Wildman–Crippen MR) is 114 cm³/mol. The average Bonchev–Trinajstić information content (AvgIpc) is 3.50. The van der Waals surface area contributed by atoms with Crippen molar-refractivity contribution in [1.29, 1.82) is 0 Å². The number of hydrogen-bond donors (Lipinski definition) is 2. The standard InChI is InChI=1S/C22H22N6O2/c1-13-8-17(13)22(29)26-19-9-18-15(11-25-21(23-2)20(18)28-27-19)5-7-16-6-4-14(10-24-16)12-30-3/h4,6,9-11,13,17H,8,12H2,1-3H3,(H,23,25)(H,26,27,29)/t13-,17+/m1/s1. The van der Waals surface area contributed by atoms with Gasteiger partial charge >= 0.3 is 0 Å². The van der Waals surface area contributed by atoms with Crippen molar-refractivity contribution in [3.8, 4) is 11.8 Å². The molecule has 30 heavy (non-hydrogen) atoms. The lowest BCUT2D eigenvalue weighted by Crippen LogP contribution is -2.16. The summed E-state index contributed by atoms with van der Waals surface area (Å²) in [5, 5.41) is 15.0. The third kappa shape index (κ3) is 4.21. The molecule has 3 heterocycles. The topological polar surface area (TPSA) is 102 Å². The van der Waals surface area contributed by atoms with Crippen LogP contribution >= 0.6 is 0 Å². The molecule has 0 bridgehead atoms. The van der Waals surface area contributed by atoms with E-state index in [0.29, 0.717) is 40.9 Å². The summed E-state index contributed by atoms with van der Waals surface area (Å²) >= 11 is 0. The van der Waals surface area contributed by atoms with Gasteiger partial charge in [0.2, 0.25) is 5.91 Å². The summed E-state index contributed by atoms with van der Waals surface area (Å²) in [5.41, 5.74) is 2.88. The molecule has 152 valence electrons. The van der Waals surface area contributed by atoms with Crippen LogP contribution in [0.15, 0.2) is 30.6 Å². The van der Waals surface area contributed by atoms with Crippen molar-refractivity contribution < 1.29 is 9.53 Å². The van der Waals surface area contributed by atoms with E-state index < -0.39 is 0 Å². The molecule has 0 radical (unpaired) electrons. The Bertz CT molecular complexity index is 1150. The second-order valence-corrected chi connectivity index (χ2v) is 7.31. The van der Waals surface area contributed by atoms with Crippen LogP contribution in [-0.2, 0) is 16.1 Å². The van der Waals surface area contributed by atoms with Gasteiger partial charge in [-0.05, 0) is 36.0 Å². The van der Waals surface area contributed by atoms with Crippen LogP contribution in [0.4, 0.5) is 11.6 Å². The maximum absolute atomic E-state index is 12.3. The molecule has 0 spiro atoms. The summed E-state index contributed by atoms with van der Waals surface area (Å²) in [6.45, 7) is 2.57. The Kier molecular flexibility index (Phi) is 5.55. The number of hydrogen-bond acceptors (Lipinski definition) is 7. The Morgan fingerprint density at radius 2 is 2.07 bits per heavy atom. The van der Waals surface area contributed by atoms with Gasteiger partial charge in [0, 0.05) is 37.9 Å². The first kappa shape index (κ1) is 19.7. The molecular formula is C22H22N6O2. The SMILES string of the molecule is CNc1ncc(C#Cc2ccc(COC)cn2)c2cc(NC(=O)[C@H]3C[C@H]3C)nnc12. The highest BCUT2D eigenvalue weighted by atomic mass is 16.5. The number of amides is 1. The Balaban J connectivity index is 1.66. The van der Waals surface area contributed by atoms with Gasteiger partial charge in [-0.3, -0.25) is 4.79 Å². The van der Waals surface area contributed by atoms with E-state index in [9.17, 15) is 4.79 Å². The molecule has 1 amide bonds. The molecule has 8 nitrogen and oxygen atoms in total. The zero-order valence-corrected chi connectivity index (χ0v) is 17.1. The Labute approximate surface area is 174 Å². The van der Waals surface area contributed by atoms with Gasteiger partial charge in [0.15, 0.2) is 11.6 Å². The largest absolute Gasteiger partial charge is 0.380 e. The summed E-state index contributed by atoms with van der Waals surface area (Å²) in [6.07, 6.45) is 4.33. The number of nitrogens with one attached hydrogen (secondary N) is 2. The van der Waals surface area contributed by atoms with Crippen LogP contribution < -0.4 is 10.6 Å². The van der Waals surface area contributed by atoms with Gasteiger partial charge in [-0.25, -0.2) is 9.97 Å². The molecule has 1 aliphatic carbocycles. The smallest absolute Gasteiger partial charge is 0.228 e. The van der Waals surface area contributed by atoms with E-state index in [2.05, 4.69) is 49.6 Å². The summed E-state index contributed by atoms with van der Waals surface area (Å²) in [6, 6.07) is 5.56. The van der Waals surface area contributed by atoms with Gasteiger partial charge < -0.3 is 15.4 Å². The molecule has 8 heteroatoms. The molecule has 0 unspecified atom stereocenters. The summed E-state index contributed by atoms with van der Waals surface area (Å²) < 4.78 is 5.10. The van der Waals surface area contributed by atoms with Crippen molar-refractivity contribution in [1.82, 2.24) is 20.2 Å². The van der Waals surface area contributed by atoms with E-state index in [1.165, 1.54) is 0 Å². The Morgan fingerprint density at radius 3 is 2.73 bits per heavy atom. The number of ether oxygens (including phenoxy) is 1. The van der Waals surface area contributed by atoms with Crippen LogP contribution in [0, 0.1) is 23.7 Å². The highest BCUT2D eigenvalue weighted by molar-refractivity contribution is 5.97. The number of anilines is 2. The monoisotopic (exact) mass is 402 g/mol. The quantitative estimate of drug-likeness (QED) is 0.633. The fourth-order valence-corrected chi connectivity index (χ4v) is 3.16. The van der Waals surface area contributed by atoms with Crippen molar-refractivity contribution in [2.24, 2.45) is 11.8 Å². The molecule has 0 aliphatic heterocycles. The number of carbonyl (C=O) groups excluding carboxylic acids is 1. The second-order valence-electron chi connectivity index (χ2n) is 7.31. The van der Waals surface area contributed by atoms with Crippen LogP contribution in [0.5, 0.6) is 0 Å². The highest BCUT2D eigenvalue weighted by Gasteiger charge is 2.39. The van der Waals surface area contributed by atoms with Gasteiger partial charge in [-0.15, -0.1) is 10.2 Å². The zero-order valence-electron chi connectivity index (χ0n) is 17.1. The Hall–Kier alpha value is -3.57. The summed E-state index contributed by atoms with van der Waals surface area (Å²) in [5.74, 6) is 7.63. The first-order valence-corrected chi connectivity index (χ1v) is 9.70. The zero-order chi connectivity index (χ0) is 21.1. The second kappa shape index (κ2) is 8.43. The first-order valence-electron chi connectivity index (χ1n) is 9.70. The maximum atomic E-state index is 12.3. The summed E-state index contributed by atoms with van der Waals surface area (Å²) in [4.78, 5) is 21.0. The van der Waals surface area contributed by atoms with Crippen LogP contribution in [0.25, 0.3) is 10.9 Å². The number of carbonyl (C=O) groups is 1. The van der Waals surface area contributed by atoms with Gasteiger partial charge in [0.25, 0.3) is 0 Å². The number of aromatic nitrogens is 4. The molecule has 0 saturated heterocycles. The van der Waals surface area contributed by atoms with Gasteiger partial charge in [0.05, 0.1) is 12.2 Å². The van der Waals surface area contributed by atoms with E-state index >= 15 is 0 Å². The van der Waals surface area contributed by atoms with Crippen molar-refractivity contribution in [2.75, 3.05) is 24.8 Å². The van der Waals surface area contributed by atoms with E-state index in [-0.39, 0.29) is 11.8 Å². The molecule has 2 N–H and O–H groups in total. The van der Waals surface area contributed by atoms with E-state index in [0.717, 1.165) is 17.4 Å². The van der Waals surface area contributed by atoms with Gasteiger partial charge in [-0.2, -0.15) is 0 Å². The lowest BCUT2D eigenvalue weighted by molar-refractivity contribution is -0.117. The molecule has 3 aromatic rings. The molecule has 3 aromatic heterocycles. The molecule has 1 fully saturated rings. The van der Waals surface area contributed by atoms with Crippen LogP contribution in [0.1, 0.15) is 30.2 Å². The van der Waals surface area contributed by atoms with E-state index in [1.807, 2.05) is 12.1 Å². The van der Waals surface area contributed by atoms with Crippen molar-refractivity contribution in [3.63, 3.8) is 0 Å². The lowest BCUT2D eigenvalue weighted by atomic mass is 10.1. The number of rotatable bonds is 5. The van der Waals surface area contributed by atoms with Gasteiger partial charge in [-0.1, -0.05) is 18.9 Å². The highest BCUT2D eigenvalue weighted by Crippen LogP contribution is 2.38. The molecule has 0 aromatic carbocycles. The Morgan fingerprint density at radius 1 is 1.23 bits per heavy atom. The minimum absolute atomic E-state index is 0.0213. The lowest BCUT2D eigenvalue weighted by Gasteiger charge is -2.08. The molecule has 2 atom stereocenters.